The van der Waals surface area contributed by atoms with Crippen molar-refractivity contribution >= 4 is 16.3 Å². The first kappa shape index (κ1) is 14.9. The van der Waals surface area contributed by atoms with Crippen molar-refractivity contribution in [1.82, 2.24) is 14.3 Å². The van der Waals surface area contributed by atoms with Gasteiger partial charge in [-0.2, -0.15) is 0 Å². The topological polar surface area (TPSA) is 40.8 Å². The highest BCUT2D eigenvalue weighted by atomic mass is 32.1. The summed E-state index contributed by atoms with van der Waals surface area (Å²) in [5, 5.41) is 12.6. The van der Waals surface area contributed by atoms with Crippen molar-refractivity contribution in [2.45, 2.75) is 38.0 Å². The van der Waals surface area contributed by atoms with E-state index in [-0.39, 0.29) is 6.10 Å². The van der Waals surface area contributed by atoms with Crippen LogP contribution in [0.1, 0.15) is 36.6 Å². The lowest BCUT2D eigenvalue weighted by molar-refractivity contribution is 0.117. The zero-order valence-corrected chi connectivity index (χ0v) is 13.8. The quantitative estimate of drug-likeness (QED) is 0.780. The number of aliphatic hydroxyl groups is 1. The van der Waals surface area contributed by atoms with E-state index in [9.17, 15) is 5.11 Å². The summed E-state index contributed by atoms with van der Waals surface area (Å²) in [4.78, 5) is 8.21. The van der Waals surface area contributed by atoms with Crippen LogP contribution in [0.2, 0.25) is 0 Å². The largest absolute Gasteiger partial charge is 0.388 e. The number of imidazole rings is 1. The van der Waals surface area contributed by atoms with Gasteiger partial charge in [-0.25, -0.2) is 4.98 Å². The average Bonchev–Trinajstić information content (AvgIpc) is 3.26. The maximum atomic E-state index is 10.5. The van der Waals surface area contributed by atoms with E-state index in [1.807, 2.05) is 30.3 Å². The second kappa shape index (κ2) is 6.43. The molecule has 0 saturated carbocycles. The Morgan fingerprint density at radius 3 is 3.00 bits per heavy atom. The molecular formula is C18H21N3OS. The fourth-order valence-corrected chi connectivity index (χ4v) is 4.22. The lowest BCUT2D eigenvalue weighted by atomic mass is 10.0. The second-order valence-electron chi connectivity index (χ2n) is 6.25. The second-order valence-corrected chi connectivity index (χ2v) is 7.13. The average molecular weight is 327 g/mol. The number of nitrogens with zero attached hydrogens (tertiary/aromatic N) is 3. The van der Waals surface area contributed by atoms with Crippen LogP contribution in [0.15, 0.2) is 48.1 Å². The van der Waals surface area contributed by atoms with E-state index in [0.29, 0.717) is 6.04 Å². The molecule has 0 radical (unpaired) electrons. The number of hydrogen-bond acceptors (Lipinski definition) is 4. The van der Waals surface area contributed by atoms with Crippen LogP contribution < -0.4 is 0 Å². The summed E-state index contributed by atoms with van der Waals surface area (Å²) in [5.41, 5.74) is 2.14. The molecule has 1 saturated heterocycles. The number of hydrogen-bond donors (Lipinski definition) is 1. The van der Waals surface area contributed by atoms with E-state index in [4.69, 9.17) is 0 Å². The number of benzene rings is 1. The van der Waals surface area contributed by atoms with E-state index in [2.05, 4.69) is 32.1 Å². The molecule has 1 N–H and O–H groups in total. The van der Waals surface area contributed by atoms with Gasteiger partial charge >= 0.3 is 0 Å². The van der Waals surface area contributed by atoms with Crippen LogP contribution in [0.25, 0.3) is 4.96 Å². The normalized spacial score (nSPS) is 20.3. The molecular weight excluding hydrogens is 306 g/mol. The van der Waals surface area contributed by atoms with Gasteiger partial charge in [0.1, 0.15) is 0 Å². The summed E-state index contributed by atoms with van der Waals surface area (Å²) in [7, 11) is 0. The predicted octanol–water partition coefficient (Wildman–Crippen LogP) is 3.48. The van der Waals surface area contributed by atoms with Crippen molar-refractivity contribution < 1.29 is 5.11 Å². The third kappa shape index (κ3) is 3.17. The molecule has 4 nitrogen and oxygen atoms in total. The van der Waals surface area contributed by atoms with Gasteiger partial charge in [0, 0.05) is 30.4 Å². The Bertz CT molecular complexity index is 738. The van der Waals surface area contributed by atoms with Crippen LogP contribution in [0.3, 0.4) is 0 Å². The number of aromatic nitrogens is 2. The van der Waals surface area contributed by atoms with Crippen molar-refractivity contribution in [1.29, 1.82) is 0 Å². The molecule has 0 spiro atoms. The van der Waals surface area contributed by atoms with Crippen molar-refractivity contribution in [2.75, 3.05) is 6.54 Å². The number of likely N-dealkylation sites (tertiary alicyclic amines) is 1. The summed E-state index contributed by atoms with van der Waals surface area (Å²) in [6.45, 7) is 1.97. The highest BCUT2D eigenvalue weighted by Crippen LogP contribution is 2.28. The van der Waals surface area contributed by atoms with Gasteiger partial charge in [-0.15, -0.1) is 11.3 Å². The Kier molecular flexibility index (Phi) is 4.16. The minimum Gasteiger partial charge on any atom is -0.388 e. The molecule has 0 bridgehead atoms. The Balaban J connectivity index is 1.43. The molecule has 5 heteroatoms. The molecule has 1 aliphatic heterocycles. The predicted molar refractivity (Wildman–Crippen MR) is 92.5 cm³/mol. The molecule has 120 valence electrons. The molecule has 2 unspecified atom stereocenters. The van der Waals surface area contributed by atoms with Crippen molar-refractivity contribution in [3.05, 3.63) is 59.4 Å². The lowest BCUT2D eigenvalue weighted by Gasteiger charge is -2.25. The summed E-state index contributed by atoms with van der Waals surface area (Å²) in [6, 6.07) is 10.4. The van der Waals surface area contributed by atoms with Crippen LogP contribution in [-0.4, -0.2) is 32.0 Å². The third-order valence-electron chi connectivity index (χ3n) is 4.69. The smallest absolute Gasteiger partial charge is 0.193 e. The number of aliphatic hydroxyl groups excluding tert-OH is 1. The van der Waals surface area contributed by atoms with Crippen molar-refractivity contribution in [2.24, 2.45) is 0 Å². The number of thiazole rings is 1. The molecule has 2 aromatic heterocycles. The number of fused-ring (bicyclic) bond motifs is 1. The fourth-order valence-electron chi connectivity index (χ4n) is 3.50. The van der Waals surface area contributed by atoms with Crippen LogP contribution in [0.5, 0.6) is 0 Å². The Morgan fingerprint density at radius 2 is 2.17 bits per heavy atom. The molecule has 1 aliphatic rings. The first-order chi connectivity index (χ1) is 11.3. The third-order valence-corrected chi connectivity index (χ3v) is 5.46. The zero-order valence-electron chi connectivity index (χ0n) is 13.0. The van der Waals surface area contributed by atoms with Gasteiger partial charge in [0.05, 0.1) is 11.8 Å². The molecule has 3 aromatic rings. The van der Waals surface area contributed by atoms with Crippen LogP contribution in [-0.2, 0) is 6.54 Å². The molecule has 1 fully saturated rings. The first-order valence-electron chi connectivity index (χ1n) is 8.18. The van der Waals surface area contributed by atoms with Gasteiger partial charge in [0.2, 0.25) is 0 Å². The van der Waals surface area contributed by atoms with E-state index >= 15 is 0 Å². The summed E-state index contributed by atoms with van der Waals surface area (Å²) >= 11 is 1.67. The van der Waals surface area contributed by atoms with Gasteiger partial charge in [-0.3, -0.25) is 9.30 Å². The van der Waals surface area contributed by atoms with Crippen LogP contribution in [0, 0.1) is 0 Å². The number of rotatable bonds is 5. The molecule has 2 atom stereocenters. The molecule has 1 aromatic carbocycles. The van der Waals surface area contributed by atoms with Crippen LogP contribution >= 0.6 is 11.3 Å². The highest BCUT2D eigenvalue weighted by molar-refractivity contribution is 7.15. The van der Waals surface area contributed by atoms with Crippen molar-refractivity contribution in [3.63, 3.8) is 0 Å². The molecule has 4 rings (SSSR count). The standard InChI is InChI=1S/C18H21N3OS/c22-17(14-5-2-1-3-6-14)11-16-7-4-8-20(16)12-15-13-21-9-10-23-18(21)19-15/h1-3,5-6,9-10,13,16-17,22H,4,7-8,11-12H2. The fraction of sp³-hybridized carbons (Fsp3) is 0.389. The molecule has 23 heavy (non-hydrogen) atoms. The van der Waals surface area contributed by atoms with E-state index in [1.165, 1.54) is 6.42 Å². The zero-order chi connectivity index (χ0) is 15.6. The minimum absolute atomic E-state index is 0.382. The van der Waals surface area contributed by atoms with Crippen LogP contribution in [0.4, 0.5) is 0 Å². The highest BCUT2D eigenvalue weighted by Gasteiger charge is 2.27. The van der Waals surface area contributed by atoms with Gasteiger partial charge in [-0.05, 0) is 31.4 Å². The summed E-state index contributed by atoms with van der Waals surface area (Å²) in [5.74, 6) is 0. The first-order valence-corrected chi connectivity index (χ1v) is 9.06. The molecule has 0 amide bonds. The van der Waals surface area contributed by atoms with Gasteiger partial charge in [0.25, 0.3) is 0 Å². The maximum Gasteiger partial charge on any atom is 0.193 e. The summed E-state index contributed by atoms with van der Waals surface area (Å²) in [6.07, 6.45) is 6.95. The Hall–Kier alpha value is -1.69. The monoisotopic (exact) mass is 327 g/mol. The SMILES string of the molecule is OC(CC1CCCN1Cc1cn2ccsc2n1)c1ccccc1. The van der Waals surface area contributed by atoms with Crippen molar-refractivity contribution in [3.8, 4) is 0 Å². The molecule has 0 aliphatic carbocycles. The lowest BCUT2D eigenvalue weighted by Crippen LogP contribution is -2.30. The van der Waals surface area contributed by atoms with E-state index < -0.39 is 0 Å². The molecule has 3 heterocycles. The van der Waals surface area contributed by atoms with E-state index in [0.717, 1.165) is 42.1 Å². The van der Waals surface area contributed by atoms with E-state index in [1.54, 1.807) is 11.3 Å². The van der Waals surface area contributed by atoms with Gasteiger partial charge in [-0.1, -0.05) is 30.3 Å². The minimum atomic E-state index is -0.382. The Morgan fingerprint density at radius 1 is 1.30 bits per heavy atom. The maximum absolute atomic E-state index is 10.5. The van der Waals surface area contributed by atoms with Gasteiger partial charge < -0.3 is 5.11 Å². The van der Waals surface area contributed by atoms with Gasteiger partial charge in [0.15, 0.2) is 4.96 Å². The summed E-state index contributed by atoms with van der Waals surface area (Å²) < 4.78 is 2.09. The Labute approximate surface area is 140 Å².